The predicted octanol–water partition coefficient (Wildman–Crippen LogP) is 2.01. The van der Waals surface area contributed by atoms with E-state index in [2.05, 4.69) is 44.0 Å². The normalized spacial score (nSPS) is 13.0. The van der Waals surface area contributed by atoms with Crippen molar-refractivity contribution in [2.75, 3.05) is 0 Å². The summed E-state index contributed by atoms with van der Waals surface area (Å²) in [5.41, 5.74) is 0. The van der Waals surface area contributed by atoms with Crippen molar-refractivity contribution in [1.82, 2.24) is 0 Å². The molecule has 0 fully saturated rings. The van der Waals surface area contributed by atoms with Gasteiger partial charge in [-0.05, 0) is 0 Å². The molecule has 0 atom stereocenters. The molecule has 0 saturated carbocycles. The molecule has 0 aliphatic heterocycles. The summed E-state index contributed by atoms with van der Waals surface area (Å²) in [4.78, 5) is 0. The van der Waals surface area contributed by atoms with Gasteiger partial charge >= 0.3 is 54.2 Å². The van der Waals surface area contributed by atoms with Gasteiger partial charge in [-0.3, -0.25) is 0 Å². The Bertz CT molecular complexity index is 49.7. The molecule has 0 radical (unpaired) electrons. The van der Waals surface area contributed by atoms with Gasteiger partial charge in [0.2, 0.25) is 0 Å². The van der Waals surface area contributed by atoms with E-state index in [-0.39, 0.29) is 0 Å². The van der Waals surface area contributed by atoms with E-state index >= 15 is 0 Å². The zero-order valence-corrected chi connectivity index (χ0v) is 6.81. The summed E-state index contributed by atoms with van der Waals surface area (Å²) in [5, 5.41) is 0. The average molecular weight is 112 g/mol. The zero-order valence-electron chi connectivity index (χ0n) is 5.65. The second-order valence-corrected chi connectivity index (χ2v) is 4.46. The molecule has 0 heterocycles. The van der Waals surface area contributed by atoms with Crippen molar-refractivity contribution in [3.8, 4) is 0 Å². The Hall–Kier alpha value is 0.532. The molecule has 7 heavy (non-hydrogen) atoms. The molecule has 0 saturated heterocycles. The maximum atomic E-state index is 2.83. The van der Waals surface area contributed by atoms with Gasteiger partial charge in [0.1, 0.15) is 0 Å². The molecule has 0 nitrogen and oxygen atoms in total. The monoisotopic (exact) mass is 112 g/mol. The van der Waals surface area contributed by atoms with E-state index in [1.54, 1.807) is 0 Å². The van der Waals surface area contributed by atoms with Crippen LogP contribution in [0.5, 0.6) is 0 Å². The standard InChI is InChI=1S/C6H13.Al/c1-5(2)6(3)4;/h5H,1-4H3;/q;+2. The Labute approximate surface area is 54.7 Å². The summed E-state index contributed by atoms with van der Waals surface area (Å²) in [6, 6.07) is 0. The molecule has 0 aliphatic rings. The van der Waals surface area contributed by atoms with E-state index in [0.717, 1.165) is 5.92 Å². The van der Waals surface area contributed by atoms with E-state index in [4.69, 9.17) is 0 Å². The Morgan fingerprint density at radius 2 is 1.43 bits per heavy atom. The Morgan fingerprint density at radius 1 is 1.29 bits per heavy atom. The van der Waals surface area contributed by atoms with Crippen molar-refractivity contribution >= 4 is 16.3 Å². The maximum absolute atomic E-state index is 2.83. The summed E-state index contributed by atoms with van der Waals surface area (Å²) in [5.74, 6) is 0.762. The fourth-order valence-corrected chi connectivity index (χ4v) is 0. The first kappa shape index (κ1) is 7.53. The summed E-state index contributed by atoms with van der Waals surface area (Å²) in [6.45, 7) is 8.91. The van der Waals surface area contributed by atoms with Crippen molar-refractivity contribution in [2.45, 2.75) is 32.0 Å². The molecule has 0 aromatic rings. The predicted molar refractivity (Wildman–Crippen MR) is 34.6 cm³/mol. The number of hydrogen-bond acceptors (Lipinski definition) is 0. The van der Waals surface area contributed by atoms with Crippen LogP contribution >= 0.6 is 0 Å². The summed E-state index contributed by atoms with van der Waals surface area (Å²) < 4.78 is 0.417. The molecule has 0 spiro atoms. The van der Waals surface area contributed by atoms with Crippen molar-refractivity contribution in [3.63, 3.8) is 0 Å². The van der Waals surface area contributed by atoms with Crippen LogP contribution in [0.2, 0.25) is 4.28 Å². The summed E-state index contributed by atoms with van der Waals surface area (Å²) >= 11 is 2.83. The third-order valence-corrected chi connectivity index (χ3v) is 2.15. The molecule has 0 aromatic heterocycles. The van der Waals surface area contributed by atoms with Crippen molar-refractivity contribution in [3.05, 3.63) is 0 Å². The van der Waals surface area contributed by atoms with Crippen molar-refractivity contribution < 1.29 is 0 Å². The number of rotatable bonds is 1. The Balaban J connectivity index is 3.54. The Kier molecular flexibility index (Phi) is 2.37. The summed E-state index contributed by atoms with van der Waals surface area (Å²) in [7, 11) is 0. The topological polar surface area (TPSA) is 0 Å². The van der Waals surface area contributed by atoms with Crippen molar-refractivity contribution in [2.24, 2.45) is 5.92 Å². The molecule has 38 valence electrons. The fourth-order valence-electron chi connectivity index (χ4n) is 0. The van der Waals surface area contributed by atoms with Crippen LogP contribution in [0.4, 0.5) is 0 Å². The fraction of sp³-hybridized carbons (Fsp3) is 1.00. The van der Waals surface area contributed by atoms with Gasteiger partial charge in [0.15, 0.2) is 0 Å². The van der Waals surface area contributed by atoms with Gasteiger partial charge in [0.05, 0.1) is 0 Å². The van der Waals surface area contributed by atoms with E-state index in [0.29, 0.717) is 4.28 Å². The van der Waals surface area contributed by atoms with E-state index in [9.17, 15) is 0 Å². The zero-order chi connectivity index (χ0) is 6.08. The molecular formula is C6H13Al+2. The van der Waals surface area contributed by atoms with Crippen LogP contribution in [0.25, 0.3) is 0 Å². The first-order valence-corrected chi connectivity index (χ1v) is 3.31. The second-order valence-electron chi connectivity index (χ2n) is 2.98. The molecule has 0 N–H and O–H groups in total. The van der Waals surface area contributed by atoms with Crippen LogP contribution in [0.15, 0.2) is 0 Å². The van der Waals surface area contributed by atoms with Gasteiger partial charge in [0.25, 0.3) is 0 Å². The van der Waals surface area contributed by atoms with Gasteiger partial charge in [0, 0.05) is 0 Å². The van der Waals surface area contributed by atoms with Gasteiger partial charge in [-0.2, -0.15) is 0 Å². The quantitative estimate of drug-likeness (QED) is 0.455. The minimum atomic E-state index is 0.417. The molecule has 0 amide bonds. The molecule has 0 bridgehead atoms. The molecule has 0 aliphatic carbocycles. The number of hydrogen-bond donors (Lipinski definition) is 0. The first-order valence-electron chi connectivity index (χ1n) is 2.73. The third-order valence-electron chi connectivity index (χ3n) is 1.49. The van der Waals surface area contributed by atoms with E-state index < -0.39 is 0 Å². The second kappa shape index (κ2) is 2.20. The van der Waals surface area contributed by atoms with Crippen LogP contribution in [0, 0.1) is 5.92 Å². The average Bonchev–Trinajstić information content (AvgIpc) is 1.31. The minimum absolute atomic E-state index is 0.417. The Morgan fingerprint density at radius 3 is 1.43 bits per heavy atom. The van der Waals surface area contributed by atoms with Crippen LogP contribution in [-0.2, 0) is 0 Å². The summed E-state index contributed by atoms with van der Waals surface area (Å²) in [6.07, 6.45) is 0. The molecule has 0 aromatic carbocycles. The van der Waals surface area contributed by atoms with Crippen LogP contribution in [0.3, 0.4) is 0 Å². The van der Waals surface area contributed by atoms with E-state index in [1.165, 1.54) is 0 Å². The van der Waals surface area contributed by atoms with Crippen molar-refractivity contribution in [1.29, 1.82) is 0 Å². The molecule has 0 rings (SSSR count). The van der Waals surface area contributed by atoms with Gasteiger partial charge in [-0.25, -0.2) is 0 Å². The molecular weight excluding hydrogens is 99.0 g/mol. The van der Waals surface area contributed by atoms with Crippen LogP contribution < -0.4 is 0 Å². The van der Waals surface area contributed by atoms with Gasteiger partial charge in [-0.15, -0.1) is 0 Å². The van der Waals surface area contributed by atoms with Gasteiger partial charge in [-0.1, -0.05) is 0 Å². The van der Waals surface area contributed by atoms with Crippen LogP contribution in [0.1, 0.15) is 27.7 Å². The van der Waals surface area contributed by atoms with E-state index in [1.807, 2.05) is 0 Å². The first-order chi connectivity index (χ1) is 2.94. The SMILES string of the molecule is CC(C)[C](C)(C)[Al+2]. The molecule has 0 unspecified atom stereocenters. The van der Waals surface area contributed by atoms with Gasteiger partial charge < -0.3 is 0 Å². The van der Waals surface area contributed by atoms with Crippen LogP contribution in [-0.4, -0.2) is 16.3 Å². The molecule has 1 heteroatoms. The third kappa shape index (κ3) is 3.14.